The summed E-state index contributed by atoms with van der Waals surface area (Å²) in [7, 11) is 0. The molecule has 0 bridgehead atoms. The molecule has 0 aromatic carbocycles. The zero-order valence-electron chi connectivity index (χ0n) is 10.0. The summed E-state index contributed by atoms with van der Waals surface area (Å²) in [6.07, 6.45) is 2.30. The molecule has 0 saturated carbocycles. The summed E-state index contributed by atoms with van der Waals surface area (Å²) in [5.74, 6) is -0.547. The summed E-state index contributed by atoms with van der Waals surface area (Å²) in [6, 6.07) is 5.44. The van der Waals surface area contributed by atoms with E-state index < -0.39 is 5.92 Å². The second-order valence-corrected chi connectivity index (χ2v) is 4.32. The van der Waals surface area contributed by atoms with E-state index in [2.05, 4.69) is 10.3 Å². The van der Waals surface area contributed by atoms with Gasteiger partial charge in [0.25, 0.3) is 0 Å². The topological polar surface area (TPSA) is 68.0 Å². The molecule has 1 aromatic rings. The van der Waals surface area contributed by atoms with Crippen molar-refractivity contribution in [2.24, 2.45) is 11.7 Å². The van der Waals surface area contributed by atoms with Crippen molar-refractivity contribution < 1.29 is 4.79 Å². The van der Waals surface area contributed by atoms with E-state index in [1.807, 2.05) is 32.0 Å². The van der Waals surface area contributed by atoms with Gasteiger partial charge in [-0.15, -0.1) is 0 Å². The maximum atomic E-state index is 11.9. The summed E-state index contributed by atoms with van der Waals surface area (Å²) in [6.45, 7) is 3.77. The lowest BCUT2D eigenvalue weighted by Gasteiger charge is -2.18. The molecule has 1 heterocycles. The molecule has 0 aliphatic heterocycles. The summed E-state index contributed by atoms with van der Waals surface area (Å²) in [5, 5.41) is 2.86. The minimum Gasteiger partial charge on any atom is -0.393 e. The molecule has 2 atom stereocenters. The zero-order chi connectivity index (χ0) is 12.8. The molecule has 92 valence electrons. The molecule has 0 aliphatic carbocycles. The second kappa shape index (κ2) is 6.30. The molecule has 17 heavy (non-hydrogen) atoms. The molecule has 1 rings (SSSR count). The predicted octanol–water partition coefficient (Wildman–Crippen LogP) is 1.57. The molecule has 0 spiro atoms. The first kappa shape index (κ1) is 13.6. The van der Waals surface area contributed by atoms with Crippen LogP contribution in [0.2, 0.25) is 0 Å². The van der Waals surface area contributed by atoms with E-state index in [0.717, 1.165) is 5.69 Å². The number of pyridine rings is 1. The highest BCUT2D eigenvalue weighted by molar-refractivity contribution is 7.80. The van der Waals surface area contributed by atoms with Crippen molar-refractivity contribution in [2.75, 3.05) is 0 Å². The molecule has 0 fully saturated rings. The van der Waals surface area contributed by atoms with Crippen molar-refractivity contribution >= 4 is 23.1 Å². The van der Waals surface area contributed by atoms with Gasteiger partial charge in [-0.05, 0) is 25.5 Å². The number of nitrogens with zero attached hydrogens (tertiary/aromatic N) is 1. The van der Waals surface area contributed by atoms with Crippen molar-refractivity contribution in [1.82, 2.24) is 10.3 Å². The molecule has 1 amide bonds. The maximum Gasteiger partial charge on any atom is 0.230 e. The fraction of sp³-hybridized carbons (Fsp3) is 0.417. The highest BCUT2D eigenvalue weighted by Gasteiger charge is 2.21. The van der Waals surface area contributed by atoms with Crippen LogP contribution in [-0.4, -0.2) is 15.9 Å². The third-order valence-electron chi connectivity index (χ3n) is 2.56. The molecule has 1 aromatic heterocycles. The molecule has 4 nitrogen and oxygen atoms in total. The van der Waals surface area contributed by atoms with Gasteiger partial charge in [0.05, 0.1) is 22.6 Å². The largest absolute Gasteiger partial charge is 0.393 e. The van der Waals surface area contributed by atoms with Gasteiger partial charge in [0.1, 0.15) is 0 Å². The Bertz CT molecular complexity index is 394. The number of hydrogen-bond acceptors (Lipinski definition) is 3. The van der Waals surface area contributed by atoms with Gasteiger partial charge in [0, 0.05) is 6.20 Å². The van der Waals surface area contributed by atoms with Crippen LogP contribution in [0.25, 0.3) is 0 Å². The number of thiocarbonyl (C=S) groups is 1. The van der Waals surface area contributed by atoms with E-state index in [0.29, 0.717) is 6.42 Å². The van der Waals surface area contributed by atoms with Crippen LogP contribution in [0.1, 0.15) is 32.0 Å². The van der Waals surface area contributed by atoms with E-state index in [9.17, 15) is 4.79 Å². The Morgan fingerprint density at radius 2 is 2.29 bits per heavy atom. The SMILES string of the molecule is CCC(C(=O)NC(C)c1ccccn1)C(N)=S. The van der Waals surface area contributed by atoms with Crippen LogP contribution in [0.5, 0.6) is 0 Å². The number of hydrogen-bond donors (Lipinski definition) is 2. The summed E-state index contributed by atoms with van der Waals surface area (Å²) < 4.78 is 0. The van der Waals surface area contributed by atoms with Crippen LogP contribution in [0.4, 0.5) is 0 Å². The van der Waals surface area contributed by atoms with Gasteiger partial charge in [0.15, 0.2) is 0 Å². The molecule has 3 N–H and O–H groups in total. The van der Waals surface area contributed by atoms with Crippen molar-refractivity contribution in [1.29, 1.82) is 0 Å². The van der Waals surface area contributed by atoms with E-state index in [-0.39, 0.29) is 16.9 Å². The number of carbonyl (C=O) groups excluding carboxylic acids is 1. The van der Waals surface area contributed by atoms with Crippen LogP contribution >= 0.6 is 12.2 Å². The van der Waals surface area contributed by atoms with Crippen LogP contribution in [0, 0.1) is 5.92 Å². The number of rotatable bonds is 5. The minimum atomic E-state index is -0.406. The van der Waals surface area contributed by atoms with Gasteiger partial charge < -0.3 is 11.1 Å². The second-order valence-electron chi connectivity index (χ2n) is 3.85. The third-order valence-corrected chi connectivity index (χ3v) is 2.84. The van der Waals surface area contributed by atoms with Crippen LogP contribution in [0.3, 0.4) is 0 Å². The van der Waals surface area contributed by atoms with Gasteiger partial charge in [-0.3, -0.25) is 9.78 Å². The Balaban J connectivity index is 2.66. The zero-order valence-corrected chi connectivity index (χ0v) is 10.8. The molecular formula is C12H17N3OS. The molecule has 0 aliphatic rings. The van der Waals surface area contributed by atoms with Crippen molar-refractivity contribution in [3.8, 4) is 0 Å². The number of aromatic nitrogens is 1. The van der Waals surface area contributed by atoms with E-state index >= 15 is 0 Å². The third kappa shape index (κ3) is 3.78. The average molecular weight is 251 g/mol. The molecule has 2 unspecified atom stereocenters. The fourth-order valence-electron chi connectivity index (χ4n) is 1.54. The summed E-state index contributed by atoms with van der Waals surface area (Å²) >= 11 is 4.86. The Kier molecular flexibility index (Phi) is 5.03. The van der Waals surface area contributed by atoms with Crippen molar-refractivity contribution in [2.45, 2.75) is 26.3 Å². The minimum absolute atomic E-state index is 0.141. The van der Waals surface area contributed by atoms with E-state index in [1.165, 1.54) is 0 Å². The predicted molar refractivity (Wildman–Crippen MR) is 71.4 cm³/mol. The lowest BCUT2D eigenvalue weighted by atomic mass is 10.1. The molecular weight excluding hydrogens is 234 g/mol. The fourth-order valence-corrected chi connectivity index (χ4v) is 1.81. The number of amides is 1. The lowest BCUT2D eigenvalue weighted by molar-refractivity contribution is -0.123. The van der Waals surface area contributed by atoms with Gasteiger partial charge in [-0.2, -0.15) is 0 Å². The van der Waals surface area contributed by atoms with Crippen LogP contribution in [0.15, 0.2) is 24.4 Å². The number of carbonyl (C=O) groups is 1. The Morgan fingerprint density at radius 3 is 2.76 bits per heavy atom. The maximum absolute atomic E-state index is 11.9. The molecule has 5 heteroatoms. The summed E-state index contributed by atoms with van der Waals surface area (Å²) in [4.78, 5) is 16.3. The molecule has 0 saturated heterocycles. The quantitative estimate of drug-likeness (QED) is 0.779. The summed E-state index contributed by atoms with van der Waals surface area (Å²) in [5.41, 5.74) is 6.34. The van der Waals surface area contributed by atoms with Gasteiger partial charge in [-0.1, -0.05) is 25.2 Å². The van der Waals surface area contributed by atoms with Crippen molar-refractivity contribution in [3.05, 3.63) is 30.1 Å². The van der Waals surface area contributed by atoms with Crippen LogP contribution < -0.4 is 11.1 Å². The Morgan fingerprint density at radius 1 is 1.59 bits per heavy atom. The standard InChI is InChI=1S/C12H17N3OS/c1-3-9(11(13)17)12(16)15-8(2)10-6-4-5-7-14-10/h4-9H,3H2,1-2H3,(H2,13,17)(H,15,16). The van der Waals surface area contributed by atoms with Crippen molar-refractivity contribution in [3.63, 3.8) is 0 Å². The highest BCUT2D eigenvalue weighted by Crippen LogP contribution is 2.11. The Labute approximate surface area is 107 Å². The lowest BCUT2D eigenvalue weighted by Crippen LogP contribution is -2.38. The molecule has 0 radical (unpaired) electrons. The highest BCUT2D eigenvalue weighted by atomic mass is 32.1. The first-order valence-electron chi connectivity index (χ1n) is 5.56. The van der Waals surface area contributed by atoms with Crippen LogP contribution in [-0.2, 0) is 4.79 Å². The monoisotopic (exact) mass is 251 g/mol. The van der Waals surface area contributed by atoms with Gasteiger partial charge in [-0.25, -0.2) is 0 Å². The first-order chi connectivity index (χ1) is 8.06. The van der Waals surface area contributed by atoms with E-state index in [4.69, 9.17) is 18.0 Å². The number of nitrogens with two attached hydrogens (primary N) is 1. The van der Waals surface area contributed by atoms with E-state index in [1.54, 1.807) is 6.20 Å². The first-order valence-corrected chi connectivity index (χ1v) is 5.97. The normalized spacial score (nSPS) is 13.8. The number of nitrogens with one attached hydrogen (secondary N) is 1. The average Bonchev–Trinajstić information content (AvgIpc) is 2.30. The van der Waals surface area contributed by atoms with Gasteiger partial charge >= 0.3 is 0 Å². The van der Waals surface area contributed by atoms with Gasteiger partial charge in [0.2, 0.25) is 5.91 Å². The smallest absolute Gasteiger partial charge is 0.230 e. The Hall–Kier alpha value is -1.49.